The molecule has 0 radical (unpaired) electrons. The van der Waals surface area contributed by atoms with Crippen LogP contribution in [0.1, 0.15) is 21.6 Å². The Morgan fingerprint density at radius 2 is 2.26 bits per heavy atom. The maximum Gasteiger partial charge on any atom is 0.269 e. The maximum atomic E-state index is 11.8. The Labute approximate surface area is 111 Å². The van der Waals surface area contributed by atoms with Gasteiger partial charge in [-0.3, -0.25) is 14.5 Å². The van der Waals surface area contributed by atoms with Crippen LogP contribution in [0.5, 0.6) is 0 Å². The van der Waals surface area contributed by atoms with E-state index in [4.69, 9.17) is 5.73 Å². The molecule has 0 aromatic carbocycles. The van der Waals surface area contributed by atoms with E-state index in [1.165, 1.54) is 0 Å². The summed E-state index contributed by atoms with van der Waals surface area (Å²) >= 11 is 0. The predicted molar refractivity (Wildman–Crippen MR) is 71.4 cm³/mol. The molecule has 0 atom stereocenters. The van der Waals surface area contributed by atoms with E-state index in [9.17, 15) is 4.79 Å². The van der Waals surface area contributed by atoms with E-state index in [0.717, 1.165) is 11.1 Å². The molecular weight excluding hydrogens is 242 g/mol. The van der Waals surface area contributed by atoms with Gasteiger partial charge < -0.3 is 11.1 Å². The van der Waals surface area contributed by atoms with Gasteiger partial charge in [-0.25, -0.2) is 0 Å². The van der Waals surface area contributed by atoms with E-state index < -0.39 is 0 Å². The van der Waals surface area contributed by atoms with Gasteiger partial charge in [0.15, 0.2) is 0 Å². The third kappa shape index (κ3) is 3.62. The quantitative estimate of drug-likeness (QED) is 0.817. The van der Waals surface area contributed by atoms with Crippen molar-refractivity contribution < 1.29 is 4.79 Å². The fraction of sp³-hybridized carbons (Fsp3) is 0.308. The summed E-state index contributed by atoms with van der Waals surface area (Å²) in [5, 5.41) is 6.94. The van der Waals surface area contributed by atoms with E-state index in [1.807, 2.05) is 13.1 Å². The molecule has 2 heterocycles. The third-order valence-corrected chi connectivity index (χ3v) is 2.68. The number of aryl methyl sites for hydroxylation is 1. The Hall–Kier alpha value is -2.21. The van der Waals surface area contributed by atoms with Crippen LogP contribution < -0.4 is 11.1 Å². The molecule has 0 spiro atoms. The second-order valence-corrected chi connectivity index (χ2v) is 4.29. The zero-order valence-electron chi connectivity index (χ0n) is 10.8. The molecule has 0 aliphatic rings. The second-order valence-electron chi connectivity index (χ2n) is 4.29. The number of nitrogens with two attached hydrogens (primary N) is 1. The number of nitrogens with zero attached hydrogens (tertiary/aromatic N) is 3. The minimum Gasteiger partial charge on any atom is -0.349 e. The van der Waals surface area contributed by atoms with Gasteiger partial charge in [0.25, 0.3) is 5.91 Å². The fourth-order valence-electron chi connectivity index (χ4n) is 1.64. The molecule has 3 N–H and O–H groups in total. The van der Waals surface area contributed by atoms with Gasteiger partial charge in [-0.15, -0.1) is 0 Å². The highest BCUT2D eigenvalue weighted by molar-refractivity contribution is 5.92. The predicted octanol–water partition coefficient (Wildman–Crippen LogP) is 0.475. The van der Waals surface area contributed by atoms with E-state index in [0.29, 0.717) is 25.3 Å². The lowest BCUT2D eigenvalue weighted by molar-refractivity contribution is 0.0947. The van der Waals surface area contributed by atoms with Crippen LogP contribution in [0, 0.1) is 6.92 Å². The first kappa shape index (κ1) is 13.2. The molecule has 0 bridgehead atoms. The molecule has 2 rings (SSSR count). The van der Waals surface area contributed by atoms with Gasteiger partial charge >= 0.3 is 0 Å². The number of carbonyl (C=O) groups is 1. The minimum atomic E-state index is -0.188. The smallest absolute Gasteiger partial charge is 0.269 e. The number of rotatable bonds is 5. The van der Waals surface area contributed by atoms with Crippen molar-refractivity contribution in [2.45, 2.75) is 20.0 Å². The summed E-state index contributed by atoms with van der Waals surface area (Å²) in [4.78, 5) is 15.9. The molecule has 2 aromatic heterocycles. The monoisotopic (exact) mass is 259 g/mol. The van der Waals surface area contributed by atoms with Crippen molar-refractivity contribution in [1.82, 2.24) is 20.1 Å². The first-order chi connectivity index (χ1) is 9.19. The van der Waals surface area contributed by atoms with Crippen molar-refractivity contribution >= 4 is 5.91 Å². The standard InChI is InChI=1S/C13H17N5O/c1-10-7-17-18(9-10)5-4-15-13(19)12-3-2-11(6-14)8-16-12/h2-3,7-9H,4-6,14H2,1H3,(H,15,19). The van der Waals surface area contributed by atoms with E-state index in [2.05, 4.69) is 15.4 Å². The Bertz CT molecular complexity index is 546. The first-order valence-corrected chi connectivity index (χ1v) is 6.11. The third-order valence-electron chi connectivity index (χ3n) is 2.68. The van der Waals surface area contributed by atoms with Crippen LogP contribution in [-0.2, 0) is 13.1 Å². The highest BCUT2D eigenvalue weighted by atomic mass is 16.1. The van der Waals surface area contributed by atoms with Crippen LogP contribution in [-0.4, -0.2) is 27.2 Å². The Balaban J connectivity index is 1.83. The topological polar surface area (TPSA) is 85.8 Å². The molecule has 0 saturated heterocycles. The molecule has 6 heteroatoms. The summed E-state index contributed by atoms with van der Waals surface area (Å²) in [6.45, 7) is 3.55. The van der Waals surface area contributed by atoms with E-state index in [-0.39, 0.29) is 5.91 Å². The molecule has 100 valence electrons. The summed E-state index contributed by atoms with van der Waals surface area (Å²) in [7, 11) is 0. The molecule has 0 saturated carbocycles. The van der Waals surface area contributed by atoms with Crippen molar-refractivity contribution in [2.75, 3.05) is 6.54 Å². The average Bonchev–Trinajstić information content (AvgIpc) is 2.84. The normalized spacial score (nSPS) is 10.4. The molecule has 1 amide bonds. The summed E-state index contributed by atoms with van der Waals surface area (Å²) < 4.78 is 1.79. The molecule has 2 aromatic rings. The fourth-order valence-corrected chi connectivity index (χ4v) is 1.64. The molecule has 0 fully saturated rings. The average molecular weight is 259 g/mol. The van der Waals surface area contributed by atoms with Gasteiger partial charge in [0, 0.05) is 25.5 Å². The zero-order valence-corrected chi connectivity index (χ0v) is 10.8. The van der Waals surface area contributed by atoms with Crippen molar-refractivity contribution in [1.29, 1.82) is 0 Å². The molecule has 0 unspecified atom stereocenters. The van der Waals surface area contributed by atoms with Gasteiger partial charge in [0.2, 0.25) is 0 Å². The number of nitrogens with one attached hydrogen (secondary N) is 1. The highest BCUT2D eigenvalue weighted by Gasteiger charge is 2.06. The largest absolute Gasteiger partial charge is 0.349 e. The number of aromatic nitrogens is 3. The van der Waals surface area contributed by atoms with Gasteiger partial charge in [-0.1, -0.05) is 6.07 Å². The Kier molecular flexibility index (Phi) is 4.25. The lowest BCUT2D eigenvalue weighted by Gasteiger charge is -2.05. The Morgan fingerprint density at radius 1 is 1.42 bits per heavy atom. The van der Waals surface area contributed by atoms with Crippen LogP contribution in [0.4, 0.5) is 0 Å². The Morgan fingerprint density at radius 3 is 2.84 bits per heavy atom. The van der Waals surface area contributed by atoms with E-state index >= 15 is 0 Å². The molecule has 0 aliphatic carbocycles. The van der Waals surface area contributed by atoms with Crippen LogP contribution in [0.25, 0.3) is 0 Å². The van der Waals surface area contributed by atoms with Crippen molar-refractivity contribution in [3.63, 3.8) is 0 Å². The van der Waals surface area contributed by atoms with Crippen molar-refractivity contribution in [3.05, 3.63) is 47.5 Å². The minimum absolute atomic E-state index is 0.188. The van der Waals surface area contributed by atoms with Gasteiger partial charge in [0.05, 0.1) is 12.7 Å². The summed E-state index contributed by atoms with van der Waals surface area (Å²) in [5.74, 6) is -0.188. The van der Waals surface area contributed by atoms with E-state index in [1.54, 1.807) is 29.2 Å². The molecule has 6 nitrogen and oxygen atoms in total. The molecule has 0 aliphatic heterocycles. The SMILES string of the molecule is Cc1cnn(CCNC(=O)c2ccc(CN)cn2)c1. The molecular formula is C13H17N5O. The number of amides is 1. The van der Waals surface area contributed by atoms with Crippen molar-refractivity contribution in [2.24, 2.45) is 5.73 Å². The first-order valence-electron chi connectivity index (χ1n) is 6.11. The van der Waals surface area contributed by atoms with Gasteiger partial charge in [-0.05, 0) is 24.1 Å². The number of carbonyl (C=O) groups excluding carboxylic acids is 1. The zero-order chi connectivity index (χ0) is 13.7. The van der Waals surface area contributed by atoms with Crippen LogP contribution >= 0.6 is 0 Å². The van der Waals surface area contributed by atoms with Gasteiger partial charge in [-0.2, -0.15) is 5.10 Å². The van der Waals surface area contributed by atoms with Crippen LogP contribution in [0.3, 0.4) is 0 Å². The number of hydrogen-bond acceptors (Lipinski definition) is 4. The van der Waals surface area contributed by atoms with Gasteiger partial charge in [0.1, 0.15) is 5.69 Å². The second kappa shape index (κ2) is 6.10. The van der Waals surface area contributed by atoms with Crippen LogP contribution in [0.15, 0.2) is 30.7 Å². The summed E-state index contributed by atoms with van der Waals surface area (Å²) in [6.07, 6.45) is 5.33. The number of hydrogen-bond donors (Lipinski definition) is 2. The van der Waals surface area contributed by atoms with Crippen LogP contribution in [0.2, 0.25) is 0 Å². The maximum absolute atomic E-state index is 11.8. The summed E-state index contributed by atoms with van der Waals surface area (Å²) in [5.41, 5.74) is 7.88. The number of pyridine rings is 1. The summed E-state index contributed by atoms with van der Waals surface area (Å²) in [6, 6.07) is 3.48. The van der Waals surface area contributed by atoms with Crippen molar-refractivity contribution in [3.8, 4) is 0 Å². The molecule has 19 heavy (non-hydrogen) atoms. The highest BCUT2D eigenvalue weighted by Crippen LogP contribution is 1.99. The lowest BCUT2D eigenvalue weighted by Crippen LogP contribution is -2.28. The lowest BCUT2D eigenvalue weighted by atomic mass is 10.2.